The van der Waals surface area contributed by atoms with E-state index in [0.717, 1.165) is 11.6 Å². The summed E-state index contributed by atoms with van der Waals surface area (Å²) in [6.07, 6.45) is 2.05. The number of nitrogens with two attached hydrogens (primary N) is 1. The highest BCUT2D eigenvalue weighted by Crippen LogP contribution is 2.34. The molecule has 0 bridgehead atoms. The lowest BCUT2D eigenvalue weighted by molar-refractivity contribution is -0.116. The van der Waals surface area contributed by atoms with E-state index in [0.29, 0.717) is 12.1 Å². The molecule has 1 aliphatic heterocycles. The van der Waals surface area contributed by atoms with Crippen LogP contribution in [0.3, 0.4) is 0 Å². The minimum absolute atomic E-state index is 0.0387. The number of hydrogen-bond donors (Lipinski definition) is 2. The van der Waals surface area contributed by atoms with Gasteiger partial charge in [-0.25, -0.2) is 17.8 Å². The standard InChI is InChI=1S/C23H22ClFN4O4S/c1-14-4-7-16(8-5-14)29-12-2-3-20(34(29,31)32)23(30)28-15-6-9-18(17(25)13-15)33-19-10-11-27-22(26)21(19)24/h4-11,13,20H,2-3,12H2,1H3,(H2,26,27)(H,28,30). The SMILES string of the molecule is Cc1ccc(N2CCCC(C(=O)Nc3ccc(Oc4ccnc(N)c4Cl)c(F)c3)S2(=O)=O)cc1. The third kappa shape index (κ3) is 4.78. The molecule has 1 unspecified atom stereocenters. The largest absolute Gasteiger partial charge is 0.453 e. The number of nitrogens with one attached hydrogen (secondary N) is 1. The van der Waals surface area contributed by atoms with Crippen molar-refractivity contribution in [3.05, 3.63) is 71.1 Å². The molecule has 0 spiro atoms. The van der Waals surface area contributed by atoms with E-state index in [1.54, 1.807) is 12.1 Å². The number of nitrogens with zero attached hydrogens (tertiary/aromatic N) is 2. The molecule has 3 N–H and O–H groups in total. The highest BCUT2D eigenvalue weighted by atomic mass is 35.5. The van der Waals surface area contributed by atoms with Gasteiger partial charge >= 0.3 is 0 Å². The van der Waals surface area contributed by atoms with Gasteiger partial charge in [-0.2, -0.15) is 0 Å². The maximum atomic E-state index is 14.6. The smallest absolute Gasteiger partial charge is 0.247 e. The third-order valence-electron chi connectivity index (χ3n) is 5.41. The van der Waals surface area contributed by atoms with Crippen molar-refractivity contribution < 1.29 is 22.3 Å². The van der Waals surface area contributed by atoms with Crippen LogP contribution >= 0.6 is 11.6 Å². The number of rotatable bonds is 5. The Labute approximate surface area is 201 Å². The molecule has 0 saturated carbocycles. The van der Waals surface area contributed by atoms with Crippen molar-refractivity contribution in [2.75, 3.05) is 21.9 Å². The van der Waals surface area contributed by atoms with Crippen LogP contribution in [0, 0.1) is 12.7 Å². The molecule has 34 heavy (non-hydrogen) atoms. The summed E-state index contributed by atoms with van der Waals surface area (Å²) in [5.74, 6) is -1.50. The number of sulfonamides is 1. The number of hydrogen-bond acceptors (Lipinski definition) is 6. The number of carbonyl (C=O) groups excluding carboxylic acids is 1. The monoisotopic (exact) mass is 504 g/mol. The molecule has 1 amide bonds. The molecule has 1 saturated heterocycles. The number of halogens is 2. The highest BCUT2D eigenvalue weighted by Gasteiger charge is 2.40. The van der Waals surface area contributed by atoms with E-state index in [4.69, 9.17) is 22.1 Å². The summed E-state index contributed by atoms with van der Waals surface area (Å²) in [5.41, 5.74) is 7.22. The summed E-state index contributed by atoms with van der Waals surface area (Å²) in [7, 11) is -3.95. The molecule has 0 aliphatic carbocycles. The first-order chi connectivity index (χ1) is 16.2. The van der Waals surface area contributed by atoms with Gasteiger partial charge in [-0.15, -0.1) is 0 Å². The Morgan fingerprint density at radius 2 is 1.94 bits per heavy atom. The predicted molar refractivity (Wildman–Crippen MR) is 129 cm³/mol. The number of aryl methyl sites for hydroxylation is 1. The second-order valence-electron chi connectivity index (χ2n) is 7.83. The van der Waals surface area contributed by atoms with Gasteiger partial charge in [0.25, 0.3) is 0 Å². The molecule has 8 nitrogen and oxygen atoms in total. The van der Waals surface area contributed by atoms with Crippen LogP contribution in [0.5, 0.6) is 11.5 Å². The topological polar surface area (TPSA) is 115 Å². The quantitative estimate of drug-likeness (QED) is 0.529. The average Bonchev–Trinajstić information content (AvgIpc) is 2.79. The predicted octanol–water partition coefficient (Wildman–Crippen LogP) is 4.49. The summed E-state index contributed by atoms with van der Waals surface area (Å²) in [5, 5.41) is 1.25. The molecular formula is C23H22ClFN4O4S. The van der Waals surface area contributed by atoms with E-state index in [-0.39, 0.29) is 41.0 Å². The first-order valence-electron chi connectivity index (χ1n) is 10.4. The molecule has 11 heteroatoms. The summed E-state index contributed by atoms with van der Waals surface area (Å²) in [4.78, 5) is 16.7. The number of amides is 1. The van der Waals surface area contributed by atoms with Gasteiger partial charge < -0.3 is 15.8 Å². The van der Waals surface area contributed by atoms with Crippen molar-refractivity contribution in [2.45, 2.75) is 25.0 Å². The molecule has 0 radical (unpaired) electrons. The van der Waals surface area contributed by atoms with E-state index < -0.39 is 27.0 Å². The molecule has 1 atom stereocenters. The van der Waals surface area contributed by atoms with E-state index in [1.165, 1.54) is 28.7 Å². The Morgan fingerprint density at radius 3 is 2.65 bits per heavy atom. The lowest BCUT2D eigenvalue weighted by atomic mass is 10.2. The molecule has 2 aromatic carbocycles. The molecule has 3 aromatic rings. The Hall–Kier alpha value is -3.37. The molecule has 178 valence electrons. The van der Waals surface area contributed by atoms with Crippen molar-refractivity contribution >= 4 is 44.7 Å². The van der Waals surface area contributed by atoms with Crippen molar-refractivity contribution in [3.63, 3.8) is 0 Å². The van der Waals surface area contributed by atoms with Gasteiger partial charge in [-0.3, -0.25) is 9.10 Å². The lowest BCUT2D eigenvalue weighted by Gasteiger charge is -2.33. The molecule has 2 heterocycles. The first-order valence-corrected chi connectivity index (χ1v) is 12.3. The summed E-state index contributed by atoms with van der Waals surface area (Å²) in [6, 6.07) is 12.2. The Balaban J connectivity index is 1.50. The van der Waals surface area contributed by atoms with Gasteiger partial charge in [0.1, 0.15) is 10.8 Å². The molecule has 1 aliphatic rings. The third-order valence-corrected chi connectivity index (χ3v) is 7.97. The van der Waals surface area contributed by atoms with Crippen molar-refractivity contribution in [1.29, 1.82) is 0 Å². The fourth-order valence-electron chi connectivity index (χ4n) is 3.63. The molecule has 1 aromatic heterocycles. The number of carbonyl (C=O) groups is 1. The van der Waals surface area contributed by atoms with Gasteiger partial charge in [0, 0.05) is 30.6 Å². The van der Waals surface area contributed by atoms with Crippen LogP contribution in [-0.2, 0) is 14.8 Å². The zero-order chi connectivity index (χ0) is 24.5. The zero-order valence-corrected chi connectivity index (χ0v) is 19.7. The van der Waals surface area contributed by atoms with E-state index in [2.05, 4.69) is 10.3 Å². The van der Waals surface area contributed by atoms with Crippen LogP contribution in [0.2, 0.25) is 5.02 Å². The minimum atomic E-state index is -3.95. The summed E-state index contributed by atoms with van der Waals surface area (Å²) in [6.45, 7) is 2.19. The zero-order valence-electron chi connectivity index (χ0n) is 18.2. The number of aromatic nitrogens is 1. The number of benzene rings is 2. The normalized spacial score (nSPS) is 17.3. The summed E-state index contributed by atoms with van der Waals surface area (Å²) >= 11 is 6.02. The van der Waals surface area contributed by atoms with Crippen molar-refractivity contribution in [2.24, 2.45) is 0 Å². The van der Waals surface area contributed by atoms with Crippen LogP contribution in [0.1, 0.15) is 18.4 Å². The fourth-order valence-corrected chi connectivity index (χ4v) is 5.68. The number of ether oxygens (including phenoxy) is 1. The maximum Gasteiger partial charge on any atom is 0.247 e. The van der Waals surface area contributed by atoms with Gasteiger partial charge in [-0.1, -0.05) is 29.3 Å². The Kier molecular flexibility index (Phi) is 6.63. The summed E-state index contributed by atoms with van der Waals surface area (Å²) < 4.78 is 47.7. The van der Waals surface area contributed by atoms with Crippen molar-refractivity contribution in [3.8, 4) is 11.5 Å². The molecule has 1 fully saturated rings. The lowest BCUT2D eigenvalue weighted by Crippen LogP contribution is -2.49. The molecular weight excluding hydrogens is 483 g/mol. The number of nitrogen functional groups attached to an aromatic ring is 1. The van der Waals surface area contributed by atoms with Gasteiger partial charge in [0.05, 0.1) is 5.69 Å². The van der Waals surface area contributed by atoms with Crippen LogP contribution in [-0.4, -0.2) is 31.1 Å². The molecule has 4 rings (SSSR count). The average molecular weight is 505 g/mol. The van der Waals surface area contributed by atoms with E-state index >= 15 is 0 Å². The number of pyridine rings is 1. The highest BCUT2D eigenvalue weighted by molar-refractivity contribution is 7.94. The van der Waals surface area contributed by atoms with Crippen LogP contribution in [0.15, 0.2) is 54.7 Å². The Morgan fingerprint density at radius 1 is 1.21 bits per heavy atom. The van der Waals surface area contributed by atoms with Gasteiger partial charge in [-0.05, 0) is 44.0 Å². The van der Waals surface area contributed by atoms with E-state index in [1.807, 2.05) is 19.1 Å². The van der Waals surface area contributed by atoms with Crippen molar-refractivity contribution in [1.82, 2.24) is 4.98 Å². The van der Waals surface area contributed by atoms with Gasteiger partial charge in [0.15, 0.2) is 22.6 Å². The van der Waals surface area contributed by atoms with E-state index in [9.17, 15) is 17.6 Å². The first kappa shape index (κ1) is 23.8. The minimum Gasteiger partial charge on any atom is -0.453 e. The number of anilines is 3. The second-order valence-corrected chi connectivity index (χ2v) is 10.2. The van der Waals surface area contributed by atoms with Crippen LogP contribution in [0.25, 0.3) is 0 Å². The maximum absolute atomic E-state index is 14.6. The second kappa shape index (κ2) is 9.47. The van der Waals surface area contributed by atoms with Gasteiger partial charge in [0.2, 0.25) is 15.9 Å². The fraction of sp³-hybridized carbons (Fsp3) is 0.217. The van der Waals surface area contributed by atoms with Crippen LogP contribution in [0.4, 0.5) is 21.6 Å². The van der Waals surface area contributed by atoms with Crippen LogP contribution < -0.4 is 20.1 Å². The Bertz CT molecular complexity index is 1340.